The average molecular weight is 376 g/mol. The van der Waals surface area contributed by atoms with Crippen LogP contribution in [0.25, 0.3) is 0 Å². The van der Waals surface area contributed by atoms with Crippen molar-refractivity contribution >= 4 is 0 Å². The van der Waals surface area contributed by atoms with Gasteiger partial charge in [0.15, 0.2) is 0 Å². The van der Waals surface area contributed by atoms with Crippen LogP contribution in [-0.2, 0) is 0 Å². The molecule has 3 aromatic rings. The topological polar surface area (TPSA) is 27.7 Å². The lowest BCUT2D eigenvalue weighted by Gasteiger charge is -2.20. The van der Waals surface area contributed by atoms with E-state index in [0.717, 1.165) is 17.2 Å². The average Bonchev–Trinajstić information content (AvgIpc) is 2.73. The Hall–Kier alpha value is -2.94. The van der Waals surface area contributed by atoms with E-state index >= 15 is 0 Å². The normalized spacial score (nSPS) is 10.7. The van der Waals surface area contributed by atoms with Gasteiger partial charge in [-0.15, -0.1) is 0 Å². The summed E-state index contributed by atoms with van der Waals surface area (Å²) in [5, 5.41) is 0. The zero-order valence-electron chi connectivity index (χ0n) is 16.9. The van der Waals surface area contributed by atoms with Crippen LogP contribution in [0.3, 0.4) is 0 Å². The summed E-state index contributed by atoms with van der Waals surface area (Å²) in [6.45, 7) is 7.99. The van der Waals surface area contributed by atoms with Crippen LogP contribution in [0.2, 0.25) is 0 Å². The fourth-order valence-corrected chi connectivity index (χ4v) is 3.35. The fraction of sp³-hybridized carbons (Fsp3) is 0.280. The Morgan fingerprint density at radius 1 is 0.464 bits per heavy atom. The number of rotatable bonds is 9. The molecule has 0 fully saturated rings. The van der Waals surface area contributed by atoms with Gasteiger partial charge in [0, 0.05) is 5.92 Å². The first-order valence-electron chi connectivity index (χ1n) is 9.93. The molecule has 0 heterocycles. The molecule has 0 bridgehead atoms. The number of hydrogen-bond donors (Lipinski definition) is 0. The summed E-state index contributed by atoms with van der Waals surface area (Å²) in [7, 11) is 0. The standard InChI is InChI=1S/C25H28O3/c1-4-26-22-13-7-19(8-14-22)25(20-9-15-23(16-10-20)27-5-2)21-11-17-24(18-12-21)28-6-3/h7-18,25H,4-6H2,1-3H3. The molecule has 0 aliphatic carbocycles. The molecule has 0 atom stereocenters. The minimum absolute atomic E-state index is 0.127. The van der Waals surface area contributed by atoms with Gasteiger partial charge >= 0.3 is 0 Å². The number of ether oxygens (including phenoxy) is 3. The number of benzene rings is 3. The third kappa shape index (κ3) is 4.86. The van der Waals surface area contributed by atoms with Crippen LogP contribution in [0.4, 0.5) is 0 Å². The quantitative estimate of drug-likeness (QED) is 0.425. The summed E-state index contributed by atoms with van der Waals surface area (Å²) in [5.41, 5.74) is 3.66. The van der Waals surface area contributed by atoms with E-state index in [0.29, 0.717) is 19.8 Å². The van der Waals surface area contributed by atoms with Crippen LogP contribution >= 0.6 is 0 Å². The highest BCUT2D eigenvalue weighted by atomic mass is 16.5. The maximum Gasteiger partial charge on any atom is 0.119 e. The van der Waals surface area contributed by atoms with E-state index in [1.807, 2.05) is 57.2 Å². The van der Waals surface area contributed by atoms with Crippen LogP contribution in [0.1, 0.15) is 43.4 Å². The molecule has 0 aromatic heterocycles. The Labute approximate surface area is 167 Å². The molecular formula is C25H28O3. The monoisotopic (exact) mass is 376 g/mol. The summed E-state index contributed by atoms with van der Waals surface area (Å²) in [6, 6.07) is 25.1. The maximum absolute atomic E-state index is 5.60. The van der Waals surface area contributed by atoms with Gasteiger partial charge in [0.2, 0.25) is 0 Å². The van der Waals surface area contributed by atoms with Crippen molar-refractivity contribution in [1.82, 2.24) is 0 Å². The Bertz CT molecular complexity index is 719. The maximum atomic E-state index is 5.60. The van der Waals surface area contributed by atoms with Crippen molar-refractivity contribution in [3.63, 3.8) is 0 Å². The second-order valence-corrected chi connectivity index (χ2v) is 6.44. The van der Waals surface area contributed by atoms with Gasteiger partial charge in [0.05, 0.1) is 19.8 Å². The summed E-state index contributed by atoms with van der Waals surface area (Å²) in [4.78, 5) is 0. The molecule has 0 saturated carbocycles. The molecule has 28 heavy (non-hydrogen) atoms. The van der Waals surface area contributed by atoms with Crippen molar-refractivity contribution in [1.29, 1.82) is 0 Å². The van der Waals surface area contributed by atoms with E-state index in [1.54, 1.807) is 0 Å². The largest absolute Gasteiger partial charge is 0.494 e. The predicted octanol–water partition coefficient (Wildman–Crippen LogP) is 6.06. The van der Waals surface area contributed by atoms with Crippen molar-refractivity contribution in [2.75, 3.05) is 19.8 Å². The van der Waals surface area contributed by atoms with Gasteiger partial charge in [-0.2, -0.15) is 0 Å². The molecule has 3 heteroatoms. The van der Waals surface area contributed by atoms with Gasteiger partial charge in [-0.1, -0.05) is 36.4 Å². The van der Waals surface area contributed by atoms with Crippen molar-refractivity contribution in [3.05, 3.63) is 89.5 Å². The Balaban J connectivity index is 1.97. The lowest BCUT2D eigenvalue weighted by molar-refractivity contribution is 0.340. The molecule has 0 aliphatic heterocycles. The SMILES string of the molecule is CCOc1ccc(C(c2ccc(OCC)cc2)c2ccc(OCC)cc2)cc1. The first-order chi connectivity index (χ1) is 13.7. The van der Waals surface area contributed by atoms with Crippen molar-refractivity contribution in [3.8, 4) is 17.2 Å². The molecule has 0 saturated heterocycles. The molecule has 0 spiro atoms. The highest BCUT2D eigenvalue weighted by Gasteiger charge is 2.17. The first-order valence-corrected chi connectivity index (χ1v) is 9.93. The molecule has 0 amide bonds. The lowest BCUT2D eigenvalue weighted by Crippen LogP contribution is -2.04. The minimum atomic E-state index is 0.127. The summed E-state index contributed by atoms with van der Waals surface area (Å²) in [6.07, 6.45) is 0. The molecule has 0 radical (unpaired) electrons. The van der Waals surface area contributed by atoms with Gasteiger partial charge in [-0.25, -0.2) is 0 Å². The van der Waals surface area contributed by atoms with Crippen LogP contribution < -0.4 is 14.2 Å². The third-order valence-electron chi connectivity index (χ3n) is 4.57. The molecule has 3 rings (SSSR count). The van der Waals surface area contributed by atoms with Crippen LogP contribution in [-0.4, -0.2) is 19.8 Å². The van der Waals surface area contributed by atoms with Gasteiger partial charge in [-0.3, -0.25) is 0 Å². The summed E-state index contributed by atoms with van der Waals surface area (Å²) < 4.78 is 16.8. The first kappa shape index (κ1) is 19.8. The van der Waals surface area contributed by atoms with Crippen molar-refractivity contribution < 1.29 is 14.2 Å². The van der Waals surface area contributed by atoms with E-state index in [9.17, 15) is 0 Å². The van der Waals surface area contributed by atoms with E-state index in [-0.39, 0.29) is 5.92 Å². The van der Waals surface area contributed by atoms with E-state index < -0.39 is 0 Å². The Morgan fingerprint density at radius 3 is 0.929 bits per heavy atom. The van der Waals surface area contributed by atoms with E-state index in [2.05, 4.69) is 36.4 Å². The minimum Gasteiger partial charge on any atom is -0.494 e. The van der Waals surface area contributed by atoms with Crippen molar-refractivity contribution in [2.45, 2.75) is 26.7 Å². The zero-order chi connectivity index (χ0) is 19.8. The van der Waals surface area contributed by atoms with E-state index in [1.165, 1.54) is 16.7 Å². The fourth-order valence-electron chi connectivity index (χ4n) is 3.35. The van der Waals surface area contributed by atoms with Gasteiger partial charge in [-0.05, 0) is 73.9 Å². The second kappa shape index (κ2) is 9.84. The molecule has 0 N–H and O–H groups in total. The molecule has 0 aliphatic rings. The number of hydrogen-bond acceptors (Lipinski definition) is 3. The second-order valence-electron chi connectivity index (χ2n) is 6.44. The molecule has 146 valence electrons. The predicted molar refractivity (Wildman–Crippen MR) is 114 cm³/mol. The van der Waals surface area contributed by atoms with Gasteiger partial charge in [0.1, 0.15) is 17.2 Å². The Morgan fingerprint density at radius 2 is 0.714 bits per heavy atom. The third-order valence-corrected chi connectivity index (χ3v) is 4.57. The van der Waals surface area contributed by atoms with Crippen LogP contribution in [0.15, 0.2) is 72.8 Å². The zero-order valence-corrected chi connectivity index (χ0v) is 16.9. The van der Waals surface area contributed by atoms with Crippen LogP contribution in [0, 0.1) is 0 Å². The molecular weight excluding hydrogens is 348 g/mol. The highest BCUT2D eigenvalue weighted by molar-refractivity contribution is 5.46. The van der Waals surface area contributed by atoms with Gasteiger partial charge in [0.25, 0.3) is 0 Å². The highest BCUT2D eigenvalue weighted by Crippen LogP contribution is 2.34. The Kier molecular flexibility index (Phi) is 6.96. The van der Waals surface area contributed by atoms with Gasteiger partial charge < -0.3 is 14.2 Å². The summed E-state index contributed by atoms with van der Waals surface area (Å²) in [5.74, 6) is 2.80. The smallest absolute Gasteiger partial charge is 0.119 e. The summed E-state index contributed by atoms with van der Waals surface area (Å²) >= 11 is 0. The molecule has 3 aromatic carbocycles. The van der Waals surface area contributed by atoms with Crippen LogP contribution in [0.5, 0.6) is 17.2 Å². The van der Waals surface area contributed by atoms with E-state index in [4.69, 9.17) is 14.2 Å². The van der Waals surface area contributed by atoms with Crippen molar-refractivity contribution in [2.24, 2.45) is 0 Å². The molecule has 0 unspecified atom stereocenters. The lowest BCUT2D eigenvalue weighted by atomic mass is 9.85. The molecule has 3 nitrogen and oxygen atoms in total.